The van der Waals surface area contributed by atoms with Crippen molar-refractivity contribution in [2.75, 3.05) is 20.1 Å². The zero-order valence-corrected chi connectivity index (χ0v) is 11.6. The summed E-state index contributed by atoms with van der Waals surface area (Å²) in [5, 5.41) is 12.4. The Bertz CT molecular complexity index is 278. The van der Waals surface area contributed by atoms with Crippen LogP contribution >= 0.6 is 0 Å². The summed E-state index contributed by atoms with van der Waals surface area (Å²) < 4.78 is 5.21. The maximum absolute atomic E-state index is 11.6. The molecule has 18 heavy (non-hydrogen) atoms. The Morgan fingerprint density at radius 2 is 2.06 bits per heavy atom. The van der Waals surface area contributed by atoms with Crippen LogP contribution in [0.2, 0.25) is 0 Å². The molecule has 1 rings (SSSR count). The largest absolute Gasteiger partial charge is 0.444 e. The lowest BCUT2D eigenvalue weighted by Crippen LogP contribution is -2.53. The third kappa shape index (κ3) is 6.51. The number of nitrogens with zero attached hydrogens (tertiary/aromatic N) is 2. The molecule has 2 unspecified atom stereocenters. The van der Waals surface area contributed by atoms with Gasteiger partial charge in [-0.1, -0.05) is 5.11 Å². The van der Waals surface area contributed by atoms with Gasteiger partial charge < -0.3 is 20.5 Å². The molecular weight excluding hydrogens is 236 g/mol. The molecule has 7 heteroatoms. The minimum Gasteiger partial charge on any atom is -0.444 e. The fraction of sp³-hybridized carbons (Fsp3) is 0.909. The van der Waals surface area contributed by atoms with Crippen molar-refractivity contribution in [1.29, 1.82) is 0 Å². The van der Waals surface area contributed by atoms with E-state index in [-0.39, 0.29) is 12.1 Å². The molecule has 7 nitrogen and oxygen atoms in total. The average molecular weight is 261 g/mol. The molecule has 0 saturated carbocycles. The van der Waals surface area contributed by atoms with Crippen molar-refractivity contribution >= 4 is 6.09 Å². The average Bonchev–Trinajstić information content (AvgIpc) is 2.20. The highest BCUT2D eigenvalue weighted by atomic mass is 16.6. The number of amides is 1. The summed E-state index contributed by atoms with van der Waals surface area (Å²) in [7, 11) is 1.53. The lowest BCUT2D eigenvalue weighted by Gasteiger charge is -2.35. The predicted octanol–water partition coefficient (Wildman–Crippen LogP) is -0.857. The summed E-state index contributed by atoms with van der Waals surface area (Å²) >= 11 is 0. The van der Waals surface area contributed by atoms with Crippen molar-refractivity contribution in [3.05, 3.63) is 0 Å². The fourth-order valence-electron chi connectivity index (χ4n) is 1.46. The van der Waals surface area contributed by atoms with Gasteiger partial charge >= 0.3 is 6.09 Å². The monoisotopic (exact) mass is 261 g/mol. The Kier molecular flexibility index (Phi) is 6.79. The highest BCUT2D eigenvalue weighted by Gasteiger charge is 2.30. The molecule has 0 radical (unpaired) electrons. The van der Waals surface area contributed by atoms with Gasteiger partial charge in [-0.25, -0.2) is 4.79 Å². The van der Waals surface area contributed by atoms with Gasteiger partial charge in [0.1, 0.15) is 5.60 Å². The van der Waals surface area contributed by atoms with E-state index in [4.69, 9.17) is 10.5 Å². The lowest BCUT2D eigenvalue weighted by molar-refractivity contribution is -0.216. The van der Waals surface area contributed by atoms with Crippen molar-refractivity contribution in [3.8, 4) is 0 Å². The molecule has 1 fully saturated rings. The van der Waals surface area contributed by atoms with Crippen molar-refractivity contribution in [3.63, 3.8) is 0 Å². The molecule has 0 bridgehead atoms. The van der Waals surface area contributed by atoms with Crippen LogP contribution < -0.4 is 11.3 Å². The van der Waals surface area contributed by atoms with Crippen LogP contribution in [0.25, 0.3) is 0 Å². The molecule has 1 heterocycles. The number of nitrogens with two attached hydrogens (primary N) is 2. The zero-order valence-electron chi connectivity index (χ0n) is 11.6. The third-order valence-electron chi connectivity index (χ3n) is 2.27. The maximum Gasteiger partial charge on any atom is 0.410 e. The lowest BCUT2D eigenvalue weighted by atomic mass is 10.0. The zero-order chi connectivity index (χ0) is 14.3. The van der Waals surface area contributed by atoms with Crippen molar-refractivity contribution in [2.24, 2.45) is 10.8 Å². The van der Waals surface area contributed by atoms with Gasteiger partial charge in [0, 0.05) is 19.1 Å². The van der Waals surface area contributed by atoms with Gasteiger partial charge in [0.15, 0.2) is 0 Å². The van der Waals surface area contributed by atoms with Crippen LogP contribution in [0, 0.1) is 0 Å². The second kappa shape index (κ2) is 7.27. The van der Waals surface area contributed by atoms with Crippen LogP contribution in [0.3, 0.4) is 0 Å². The number of hydrogen-bond acceptors (Lipinski definition) is 5. The standard InChI is InChI=1S/C10H20N2O3.CH4N2/c1-10(2,3)15-9(14)12-5-4-8(13)7(11)6-12;1-3-2/h7-8,13H,4-6,11H2,1-3H3;2H,1H3/p+1. The number of hydrogen-bond donors (Lipinski definition) is 3. The third-order valence-corrected chi connectivity index (χ3v) is 2.27. The molecule has 1 amide bonds. The number of likely N-dealkylation sites (tertiary alicyclic amines) is 1. The number of aliphatic hydroxyl groups excluding tert-OH is 1. The SMILES string of the molecule is CC(C)(C)OC(=O)N1CCC(O)C(N)C1.CN=[NH2+]. The van der Waals surface area contributed by atoms with E-state index in [1.54, 1.807) is 4.90 Å². The second-order valence-electron chi connectivity index (χ2n) is 5.20. The van der Waals surface area contributed by atoms with Gasteiger partial charge in [-0.05, 0) is 27.2 Å². The van der Waals surface area contributed by atoms with E-state index in [0.29, 0.717) is 19.5 Å². The topological polar surface area (TPSA) is 114 Å². The molecule has 0 aromatic rings. The summed E-state index contributed by atoms with van der Waals surface area (Å²) in [5.41, 5.74) is 9.65. The molecule has 0 aromatic carbocycles. The maximum atomic E-state index is 11.6. The number of aliphatic hydroxyl groups is 1. The highest BCUT2D eigenvalue weighted by Crippen LogP contribution is 2.14. The van der Waals surface area contributed by atoms with Crippen LogP contribution in [-0.2, 0) is 4.74 Å². The van der Waals surface area contributed by atoms with Crippen LogP contribution in [0.4, 0.5) is 4.79 Å². The van der Waals surface area contributed by atoms with Gasteiger partial charge in [-0.3, -0.25) is 0 Å². The highest BCUT2D eigenvalue weighted by molar-refractivity contribution is 5.68. The van der Waals surface area contributed by atoms with E-state index >= 15 is 0 Å². The van der Waals surface area contributed by atoms with Gasteiger partial charge in [0.2, 0.25) is 0 Å². The van der Waals surface area contributed by atoms with E-state index in [1.165, 1.54) is 7.05 Å². The van der Waals surface area contributed by atoms with Crippen LogP contribution in [0.15, 0.2) is 5.11 Å². The fourth-order valence-corrected chi connectivity index (χ4v) is 1.46. The summed E-state index contributed by atoms with van der Waals surface area (Å²) in [4.78, 5) is 13.2. The van der Waals surface area contributed by atoms with Crippen LogP contribution in [-0.4, -0.2) is 54.0 Å². The quantitative estimate of drug-likeness (QED) is 0.492. The molecule has 0 aromatic heterocycles. The van der Waals surface area contributed by atoms with Crippen molar-refractivity contribution < 1.29 is 20.2 Å². The Morgan fingerprint density at radius 3 is 2.44 bits per heavy atom. The normalized spacial score (nSPS) is 23.8. The summed E-state index contributed by atoms with van der Waals surface area (Å²) in [5.74, 6) is 0. The first-order valence-corrected chi connectivity index (χ1v) is 5.92. The summed E-state index contributed by atoms with van der Waals surface area (Å²) in [6.45, 7) is 6.33. The number of rotatable bonds is 0. The molecule has 1 aliphatic rings. The van der Waals surface area contributed by atoms with E-state index in [1.807, 2.05) is 20.8 Å². The first kappa shape index (κ1) is 16.8. The number of carbonyl (C=O) groups excluding carboxylic acids is 1. The summed E-state index contributed by atoms with van der Waals surface area (Å²) in [6, 6.07) is -0.369. The molecule has 0 spiro atoms. The molecule has 1 saturated heterocycles. The molecule has 1 aliphatic heterocycles. The second-order valence-corrected chi connectivity index (χ2v) is 5.20. The van der Waals surface area contributed by atoms with Gasteiger partial charge in [-0.15, -0.1) is 0 Å². The first-order chi connectivity index (χ1) is 8.21. The molecule has 0 aliphatic carbocycles. The Balaban J connectivity index is 0.000000873. The van der Waals surface area contributed by atoms with Gasteiger partial charge in [-0.2, -0.15) is 5.53 Å². The van der Waals surface area contributed by atoms with Crippen molar-refractivity contribution in [2.45, 2.75) is 44.9 Å². The van der Waals surface area contributed by atoms with Crippen LogP contribution in [0.5, 0.6) is 0 Å². The smallest absolute Gasteiger partial charge is 0.410 e. The minimum absolute atomic E-state index is 0.357. The number of carbonyl (C=O) groups is 1. The Morgan fingerprint density at radius 1 is 1.56 bits per heavy atom. The number of piperidine rings is 1. The van der Waals surface area contributed by atoms with Crippen LogP contribution in [0.1, 0.15) is 27.2 Å². The first-order valence-electron chi connectivity index (χ1n) is 5.92. The molecule has 2 atom stereocenters. The molecule has 106 valence electrons. The Labute approximate surface area is 108 Å². The Hall–Kier alpha value is -1.21. The summed E-state index contributed by atoms with van der Waals surface area (Å²) in [6.07, 6.45) is -0.353. The van der Waals surface area contributed by atoms with E-state index in [9.17, 15) is 9.90 Å². The molecule has 5 N–H and O–H groups in total. The predicted molar refractivity (Wildman–Crippen MR) is 66.7 cm³/mol. The van der Waals surface area contributed by atoms with Gasteiger partial charge in [0.05, 0.1) is 13.2 Å². The van der Waals surface area contributed by atoms with E-state index in [2.05, 4.69) is 10.6 Å². The van der Waals surface area contributed by atoms with Gasteiger partial charge in [0.25, 0.3) is 0 Å². The van der Waals surface area contributed by atoms with Crippen molar-refractivity contribution in [1.82, 2.24) is 4.90 Å². The minimum atomic E-state index is -0.510. The number of ether oxygens (including phenoxy) is 1. The van der Waals surface area contributed by atoms with E-state index in [0.717, 1.165) is 0 Å². The van der Waals surface area contributed by atoms with E-state index < -0.39 is 11.7 Å². The molecular formula is C11H25N4O3+.